The first-order valence-electron chi connectivity index (χ1n) is 7.24. The lowest BCUT2D eigenvalue weighted by Crippen LogP contribution is -2.55. The molecule has 2 heterocycles. The zero-order valence-corrected chi connectivity index (χ0v) is 12.2. The van der Waals surface area contributed by atoms with Gasteiger partial charge in [-0.25, -0.2) is 8.78 Å². The van der Waals surface area contributed by atoms with Gasteiger partial charge in [0.1, 0.15) is 17.7 Å². The SMILES string of the molecule is CN1C2COCC1CC(C(=O)c1cc(F)c(C#N)cc1F)C2. The maximum Gasteiger partial charge on any atom is 0.169 e. The fourth-order valence-corrected chi connectivity index (χ4v) is 3.35. The number of piperidine rings is 1. The first kappa shape index (κ1) is 15.1. The molecule has 0 radical (unpaired) electrons. The van der Waals surface area contributed by atoms with Gasteiger partial charge in [-0.2, -0.15) is 5.26 Å². The van der Waals surface area contributed by atoms with Crippen LogP contribution >= 0.6 is 0 Å². The Kier molecular flexibility index (Phi) is 3.94. The predicted molar refractivity (Wildman–Crippen MR) is 74.3 cm³/mol. The van der Waals surface area contributed by atoms with E-state index in [0.29, 0.717) is 26.1 Å². The topological polar surface area (TPSA) is 53.3 Å². The first-order valence-corrected chi connectivity index (χ1v) is 7.24. The number of likely N-dealkylation sites (N-methyl/N-ethyl adjacent to an activating group) is 1. The Balaban J connectivity index is 1.86. The molecule has 0 amide bonds. The van der Waals surface area contributed by atoms with Crippen LogP contribution in [0.3, 0.4) is 0 Å². The maximum atomic E-state index is 14.0. The molecule has 1 aromatic rings. The number of halogens is 2. The lowest BCUT2D eigenvalue weighted by atomic mass is 9.81. The zero-order valence-electron chi connectivity index (χ0n) is 12.2. The quantitative estimate of drug-likeness (QED) is 0.786. The molecule has 0 N–H and O–H groups in total. The monoisotopic (exact) mass is 306 g/mol. The van der Waals surface area contributed by atoms with Gasteiger partial charge >= 0.3 is 0 Å². The number of fused-ring (bicyclic) bond motifs is 2. The van der Waals surface area contributed by atoms with Crippen molar-refractivity contribution in [3.8, 4) is 6.07 Å². The molecule has 2 fully saturated rings. The average molecular weight is 306 g/mol. The normalized spacial score (nSPS) is 28.2. The number of benzene rings is 1. The Morgan fingerprint density at radius 3 is 2.50 bits per heavy atom. The van der Waals surface area contributed by atoms with Gasteiger partial charge in [0.2, 0.25) is 0 Å². The molecule has 4 nitrogen and oxygen atoms in total. The Morgan fingerprint density at radius 2 is 1.91 bits per heavy atom. The summed E-state index contributed by atoms with van der Waals surface area (Å²) in [7, 11) is 2.00. The van der Waals surface area contributed by atoms with Gasteiger partial charge in [0.05, 0.1) is 24.3 Å². The minimum absolute atomic E-state index is 0.132. The first-order chi connectivity index (χ1) is 10.5. The van der Waals surface area contributed by atoms with E-state index in [9.17, 15) is 13.6 Å². The highest BCUT2D eigenvalue weighted by atomic mass is 19.1. The number of carbonyl (C=O) groups is 1. The van der Waals surface area contributed by atoms with Gasteiger partial charge in [-0.3, -0.25) is 9.69 Å². The molecule has 3 rings (SSSR count). The Hall–Kier alpha value is -1.84. The number of hydrogen-bond acceptors (Lipinski definition) is 4. The summed E-state index contributed by atoms with van der Waals surface area (Å²) < 4.78 is 33.2. The van der Waals surface area contributed by atoms with Gasteiger partial charge in [-0.05, 0) is 32.0 Å². The number of carbonyl (C=O) groups excluding carboxylic acids is 1. The summed E-state index contributed by atoms with van der Waals surface area (Å²) in [6, 6.07) is 3.48. The highest BCUT2D eigenvalue weighted by Crippen LogP contribution is 2.33. The summed E-state index contributed by atoms with van der Waals surface area (Å²) in [6.07, 6.45) is 1.15. The number of nitrogens with zero attached hydrogens (tertiary/aromatic N) is 2. The van der Waals surface area contributed by atoms with Crippen LogP contribution < -0.4 is 0 Å². The molecular formula is C16H16F2N2O2. The van der Waals surface area contributed by atoms with Gasteiger partial charge in [0, 0.05) is 18.0 Å². The van der Waals surface area contributed by atoms with Crippen molar-refractivity contribution in [2.75, 3.05) is 20.3 Å². The van der Waals surface area contributed by atoms with Gasteiger partial charge < -0.3 is 4.74 Å². The van der Waals surface area contributed by atoms with Gasteiger partial charge in [-0.15, -0.1) is 0 Å². The molecule has 6 heteroatoms. The molecular weight excluding hydrogens is 290 g/mol. The molecule has 2 saturated heterocycles. The molecule has 0 spiro atoms. The second kappa shape index (κ2) is 5.75. The van der Waals surface area contributed by atoms with Crippen LogP contribution in [-0.4, -0.2) is 43.0 Å². The van der Waals surface area contributed by atoms with Crippen LogP contribution in [-0.2, 0) is 4.74 Å². The lowest BCUT2D eigenvalue weighted by Gasteiger charge is -2.46. The van der Waals surface area contributed by atoms with Crippen molar-refractivity contribution in [2.24, 2.45) is 5.92 Å². The Labute approximate surface area is 127 Å². The average Bonchev–Trinajstić information content (AvgIpc) is 2.48. The van der Waals surface area contributed by atoms with Gasteiger partial charge in [0.25, 0.3) is 0 Å². The molecule has 2 bridgehead atoms. The van der Waals surface area contributed by atoms with E-state index in [4.69, 9.17) is 10.00 Å². The molecule has 0 aromatic heterocycles. The molecule has 1 aromatic carbocycles. The molecule has 0 saturated carbocycles. The number of ketones is 1. The van der Waals surface area contributed by atoms with Crippen LogP contribution in [0.5, 0.6) is 0 Å². The fraction of sp³-hybridized carbons (Fsp3) is 0.500. The summed E-state index contributed by atoms with van der Waals surface area (Å²) in [4.78, 5) is 14.8. The van der Waals surface area contributed by atoms with E-state index in [1.807, 2.05) is 7.05 Å². The summed E-state index contributed by atoms with van der Waals surface area (Å²) in [6.45, 7) is 1.11. The number of Topliss-reactive ketones (excluding diaryl/α,β-unsaturated/α-hetero) is 1. The van der Waals surface area contributed by atoms with Crippen LogP contribution in [0.2, 0.25) is 0 Å². The van der Waals surface area contributed by atoms with E-state index in [-0.39, 0.29) is 34.9 Å². The smallest absolute Gasteiger partial charge is 0.169 e. The van der Waals surface area contributed by atoms with Crippen LogP contribution in [0.25, 0.3) is 0 Å². The van der Waals surface area contributed by atoms with E-state index in [0.717, 1.165) is 12.1 Å². The van der Waals surface area contributed by atoms with Crippen LogP contribution in [0.15, 0.2) is 12.1 Å². The van der Waals surface area contributed by atoms with Crippen molar-refractivity contribution >= 4 is 5.78 Å². The van der Waals surface area contributed by atoms with Crippen molar-refractivity contribution in [2.45, 2.75) is 24.9 Å². The van der Waals surface area contributed by atoms with Gasteiger partial charge in [0.15, 0.2) is 5.78 Å². The summed E-state index contributed by atoms with van der Waals surface area (Å²) in [5, 5.41) is 8.70. The molecule has 2 aliphatic rings. The van der Waals surface area contributed by atoms with Gasteiger partial charge in [-0.1, -0.05) is 0 Å². The number of morpholine rings is 1. The highest BCUT2D eigenvalue weighted by Gasteiger charge is 2.40. The molecule has 116 valence electrons. The second-order valence-electron chi connectivity index (χ2n) is 5.97. The number of nitriles is 1. The van der Waals surface area contributed by atoms with E-state index in [1.165, 1.54) is 0 Å². The van der Waals surface area contributed by atoms with Crippen LogP contribution in [0, 0.1) is 28.9 Å². The second-order valence-corrected chi connectivity index (χ2v) is 5.97. The van der Waals surface area contributed by atoms with E-state index < -0.39 is 11.6 Å². The number of rotatable bonds is 2. The maximum absolute atomic E-state index is 14.0. The summed E-state index contributed by atoms with van der Waals surface area (Å²) in [5.74, 6) is -2.41. The fourth-order valence-electron chi connectivity index (χ4n) is 3.35. The molecule has 2 unspecified atom stereocenters. The van der Waals surface area contributed by atoms with E-state index in [1.54, 1.807) is 6.07 Å². The predicted octanol–water partition coefficient (Wildman–Crippen LogP) is 2.13. The van der Waals surface area contributed by atoms with Crippen molar-refractivity contribution in [3.05, 3.63) is 34.9 Å². The number of hydrogen-bond donors (Lipinski definition) is 0. The van der Waals surface area contributed by atoms with Crippen molar-refractivity contribution in [1.29, 1.82) is 5.26 Å². The molecule has 2 atom stereocenters. The number of ether oxygens (including phenoxy) is 1. The third kappa shape index (κ3) is 2.51. The third-order valence-corrected chi connectivity index (χ3v) is 4.70. The van der Waals surface area contributed by atoms with Crippen LogP contribution in [0.1, 0.15) is 28.8 Å². The third-order valence-electron chi connectivity index (χ3n) is 4.70. The Morgan fingerprint density at radius 1 is 1.27 bits per heavy atom. The van der Waals surface area contributed by atoms with E-state index in [2.05, 4.69) is 4.90 Å². The largest absolute Gasteiger partial charge is 0.378 e. The minimum atomic E-state index is -0.858. The lowest BCUT2D eigenvalue weighted by molar-refractivity contribution is -0.0702. The zero-order chi connectivity index (χ0) is 15.9. The van der Waals surface area contributed by atoms with Crippen molar-refractivity contribution in [1.82, 2.24) is 4.90 Å². The molecule has 2 aliphatic heterocycles. The van der Waals surface area contributed by atoms with Crippen LogP contribution in [0.4, 0.5) is 8.78 Å². The van der Waals surface area contributed by atoms with E-state index >= 15 is 0 Å². The van der Waals surface area contributed by atoms with Crippen molar-refractivity contribution in [3.63, 3.8) is 0 Å². The minimum Gasteiger partial charge on any atom is -0.378 e. The Bertz CT molecular complexity index is 642. The molecule has 22 heavy (non-hydrogen) atoms. The molecule has 0 aliphatic carbocycles. The summed E-state index contributed by atoms with van der Waals surface area (Å²) in [5.41, 5.74) is -0.646. The van der Waals surface area contributed by atoms with Crippen molar-refractivity contribution < 1.29 is 18.3 Å². The summed E-state index contributed by atoms with van der Waals surface area (Å²) >= 11 is 0. The standard InChI is InChI=1S/C16H16F2N2O2/c1-20-11-2-9(3-12(20)8-22-7-11)16(21)13-5-14(17)10(6-19)4-15(13)18/h4-5,9,11-12H,2-3,7-8H2,1H3. The highest BCUT2D eigenvalue weighted by molar-refractivity contribution is 5.98.